The molecular formula is C20H32ClN3O3S. The number of aryl methyl sites for hydroxylation is 3. The van der Waals surface area contributed by atoms with Crippen molar-refractivity contribution in [3.8, 4) is 0 Å². The molecule has 0 aliphatic carbocycles. The second-order valence-electron chi connectivity index (χ2n) is 7.99. The molecule has 1 N–H and O–H groups in total. The monoisotopic (exact) mass is 429 g/mol. The third-order valence-electron chi connectivity index (χ3n) is 5.79. The summed E-state index contributed by atoms with van der Waals surface area (Å²) in [5.74, 6) is 0.112. The van der Waals surface area contributed by atoms with Crippen molar-refractivity contribution < 1.29 is 13.2 Å². The molecule has 2 aliphatic heterocycles. The standard InChI is InChI=1S/C20H31N3O3S.ClH/c1-14-11-15(2)19(16(3)12-14)27(25,26)22-8-5-18(6-9-22)20(24)23-10-7-21-13-17(23)4;/h11-12,17-18,21H,5-10,13H2,1-4H3;1H/t17-;/m0./s1. The number of hydrogen-bond donors (Lipinski definition) is 1. The highest BCUT2D eigenvalue weighted by Crippen LogP contribution is 2.29. The Labute approximate surface area is 175 Å². The summed E-state index contributed by atoms with van der Waals surface area (Å²) in [5.41, 5.74) is 2.65. The topological polar surface area (TPSA) is 69.7 Å². The zero-order valence-corrected chi connectivity index (χ0v) is 18.8. The van der Waals surface area contributed by atoms with E-state index >= 15 is 0 Å². The maximum atomic E-state index is 13.2. The van der Waals surface area contributed by atoms with Crippen molar-refractivity contribution in [3.63, 3.8) is 0 Å². The summed E-state index contributed by atoms with van der Waals surface area (Å²) < 4.78 is 27.9. The van der Waals surface area contributed by atoms with E-state index in [4.69, 9.17) is 0 Å². The van der Waals surface area contributed by atoms with E-state index in [1.807, 2.05) is 37.8 Å². The molecule has 2 aliphatic rings. The lowest BCUT2D eigenvalue weighted by Gasteiger charge is -2.38. The van der Waals surface area contributed by atoms with Crippen LogP contribution in [0.1, 0.15) is 36.5 Å². The van der Waals surface area contributed by atoms with Gasteiger partial charge in [0.2, 0.25) is 15.9 Å². The molecular weight excluding hydrogens is 398 g/mol. The van der Waals surface area contributed by atoms with Gasteiger partial charge in [0.05, 0.1) is 4.90 Å². The number of nitrogens with zero attached hydrogens (tertiary/aromatic N) is 2. The fourth-order valence-electron chi connectivity index (χ4n) is 4.45. The Morgan fingerprint density at radius 3 is 2.18 bits per heavy atom. The van der Waals surface area contributed by atoms with Gasteiger partial charge in [-0.15, -0.1) is 12.4 Å². The number of amides is 1. The van der Waals surface area contributed by atoms with Crippen LogP contribution in [-0.2, 0) is 14.8 Å². The van der Waals surface area contributed by atoms with E-state index in [0.717, 1.165) is 36.3 Å². The highest BCUT2D eigenvalue weighted by atomic mass is 35.5. The molecule has 6 nitrogen and oxygen atoms in total. The van der Waals surface area contributed by atoms with Gasteiger partial charge >= 0.3 is 0 Å². The fraction of sp³-hybridized carbons (Fsp3) is 0.650. The highest BCUT2D eigenvalue weighted by molar-refractivity contribution is 7.89. The first-order valence-electron chi connectivity index (χ1n) is 9.81. The van der Waals surface area contributed by atoms with Gasteiger partial charge in [0.15, 0.2) is 0 Å². The van der Waals surface area contributed by atoms with Crippen LogP contribution in [0.15, 0.2) is 17.0 Å². The summed E-state index contributed by atoms with van der Waals surface area (Å²) in [5, 5.41) is 3.30. The summed E-state index contributed by atoms with van der Waals surface area (Å²) in [6.45, 7) is 11.0. The predicted molar refractivity (Wildman–Crippen MR) is 113 cm³/mol. The summed E-state index contributed by atoms with van der Waals surface area (Å²) in [4.78, 5) is 15.2. The first kappa shape index (κ1) is 23.1. The maximum Gasteiger partial charge on any atom is 0.243 e. The molecule has 0 radical (unpaired) electrons. The van der Waals surface area contributed by atoms with Crippen LogP contribution < -0.4 is 5.32 Å². The van der Waals surface area contributed by atoms with Gasteiger partial charge < -0.3 is 10.2 Å². The Bertz CT molecular complexity index is 797. The van der Waals surface area contributed by atoms with E-state index in [0.29, 0.717) is 30.8 Å². The zero-order chi connectivity index (χ0) is 19.8. The van der Waals surface area contributed by atoms with E-state index in [1.165, 1.54) is 0 Å². The van der Waals surface area contributed by atoms with Gasteiger partial charge in [-0.3, -0.25) is 4.79 Å². The molecule has 2 saturated heterocycles. The average Bonchev–Trinajstić information content (AvgIpc) is 2.60. The van der Waals surface area contributed by atoms with Gasteiger partial charge in [-0.25, -0.2) is 8.42 Å². The van der Waals surface area contributed by atoms with Crippen molar-refractivity contribution in [1.82, 2.24) is 14.5 Å². The second-order valence-corrected chi connectivity index (χ2v) is 9.87. The number of benzene rings is 1. The number of piperidine rings is 1. The number of nitrogens with one attached hydrogen (secondary N) is 1. The molecule has 0 bridgehead atoms. The van der Waals surface area contributed by atoms with Crippen molar-refractivity contribution in [2.45, 2.75) is 51.5 Å². The Kier molecular flexibility index (Phi) is 7.53. The molecule has 158 valence electrons. The average molecular weight is 430 g/mol. The Hall–Kier alpha value is -1.15. The van der Waals surface area contributed by atoms with E-state index in [1.54, 1.807) is 4.31 Å². The zero-order valence-electron chi connectivity index (χ0n) is 17.2. The number of carbonyl (C=O) groups excluding carboxylic acids is 1. The molecule has 0 unspecified atom stereocenters. The van der Waals surface area contributed by atoms with Crippen LogP contribution >= 0.6 is 12.4 Å². The van der Waals surface area contributed by atoms with E-state index < -0.39 is 10.0 Å². The van der Waals surface area contributed by atoms with Crippen molar-refractivity contribution >= 4 is 28.3 Å². The third-order valence-corrected chi connectivity index (χ3v) is 7.99. The lowest BCUT2D eigenvalue weighted by molar-refractivity contribution is -0.139. The van der Waals surface area contributed by atoms with E-state index in [9.17, 15) is 13.2 Å². The Balaban J connectivity index is 0.00000280. The molecule has 2 heterocycles. The molecule has 28 heavy (non-hydrogen) atoms. The SMILES string of the molecule is Cc1cc(C)c(S(=O)(=O)N2CCC(C(=O)N3CCNC[C@@H]3C)CC2)c(C)c1.Cl. The summed E-state index contributed by atoms with van der Waals surface area (Å²) >= 11 is 0. The van der Waals surface area contributed by atoms with Crippen LogP contribution in [0.5, 0.6) is 0 Å². The van der Waals surface area contributed by atoms with E-state index in [2.05, 4.69) is 12.2 Å². The lowest BCUT2D eigenvalue weighted by Crippen LogP contribution is -2.55. The molecule has 0 aromatic heterocycles. The number of piperazine rings is 1. The van der Waals surface area contributed by atoms with Gasteiger partial charge in [-0.1, -0.05) is 17.7 Å². The van der Waals surface area contributed by atoms with Crippen LogP contribution in [0.25, 0.3) is 0 Å². The van der Waals surface area contributed by atoms with Crippen LogP contribution in [0.3, 0.4) is 0 Å². The first-order valence-corrected chi connectivity index (χ1v) is 11.2. The molecule has 3 rings (SSSR count). The fourth-order valence-corrected chi connectivity index (χ4v) is 6.33. The van der Waals surface area contributed by atoms with Gasteiger partial charge in [0, 0.05) is 44.7 Å². The largest absolute Gasteiger partial charge is 0.337 e. The van der Waals surface area contributed by atoms with Gasteiger partial charge in [-0.2, -0.15) is 4.31 Å². The summed E-state index contributed by atoms with van der Waals surface area (Å²) in [7, 11) is -3.53. The highest BCUT2D eigenvalue weighted by Gasteiger charge is 2.36. The third kappa shape index (κ3) is 4.53. The van der Waals surface area contributed by atoms with Crippen molar-refractivity contribution in [2.24, 2.45) is 5.92 Å². The summed E-state index contributed by atoms with van der Waals surface area (Å²) in [6.07, 6.45) is 1.19. The Morgan fingerprint density at radius 1 is 1.07 bits per heavy atom. The first-order chi connectivity index (χ1) is 12.7. The Morgan fingerprint density at radius 2 is 1.64 bits per heavy atom. The van der Waals surface area contributed by atoms with Crippen LogP contribution in [-0.4, -0.2) is 62.3 Å². The van der Waals surface area contributed by atoms with Gasteiger partial charge in [0.1, 0.15) is 0 Å². The summed E-state index contributed by atoms with van der Waals surface area (Å²) in [6, 6.07) is 4.04. The minimum absolute atomic E-state index is 0. The second kappa shape index (κ2) is 9.11. The quantitative estimate of drug-likeness (QED) is 0.800. The number of halogens is 1. The van der Waals surface area contributed by atoms with Crippen molar-refractivity contribution in [3.05, 3.63) is 28.8 Å². The van der Waals surface area contributed by atoms with Crippen LogP contribution in [0.2, 0.25) is 0 Å². The molecule has 1 aromatic rings. The van der Waals surface area contributed by atoms with Gasteiger partial charge in [0.25, 0.3) is 0 Å². The molecule has 1 amide bonds. The van der Waals surface area contributed by atoms with Crippen LogP contribution in [0.4, 0.5) is 0 Å². The number of sulfonamides is 1. The van der Waals surface area contributed by atoms with E-state index in [-0.39, 0.29) is 30.3 Å². The normalized spacial score (nSPS) is 22.0. The predicted octanol–water partition coefficient (Wildman–Crippen LogP) is 2.25. The minimum Gasteiger partial charge on any atom is -0.337 e. The number of carbonyl (C=O) groups is 1. The molecule has 8 heteroatoms. The molecule has 1 atom stereocenters. The minimum atomic E-state index is -3.53. The van der Waals surface area contributed by atoms with Crippen molar-refractivity contribution in [2.75, 3.05) is 32.7 Å². The smallest absolute Gasteiger partial charge is 0.243 e. The van der Waals surface area contributed by atoms with Gasteiger partial charge in [-0.05, 0) is 51.7 Å². The number of rotatable bonds is 3. The molecule has 0 spiro atoms. The number of hydrogen-bond acceptors (Lipinski definition) is 4. The van der Waals surface area contributed by atoms with Crippen LogP contribution in [0, 0.1) is 26.7 Å². The molecule has 0 saturated carbocycles. The lowest BCUT2D eigenvalue weighted by atomic mass is 9.95. The van der Waals surface area contributed by atoms with Crippen molar-refractivity contribution in [1.29, 1.82) is 0 Å². The maximum absolute atomic E-state index is 13.2. The molecule has 1 aromatic carbocycles. The molecule has 2 fully saturated rings.